The number of rotatable bonds is 5. The zero-order valence-electron chi connectivity index (χ0n) is 10.8. The van der Waals surface area contributed by atoms with Crippen molar-refractivity contribution >= 4 is 27.3 Å². The van der Waals surface area contributed by atoms with E-state index in [0.29, 0.717) is 0 Å². The third-order valence-corrected chi connectivity index (χ3v) is 4.79. The van der Waals surface area contributed by atoms with Crippen LogP contribution in [0.3, 0.4) is 0 Å². The first-order chi connectivity index (χ1) is 8.19. The van der Waals surface area contributed by atoms with Gasteiger partial charge in [-0.25, -0.2) is 13.1 Å². The number of anilines is 1. The zero-order chi connectivity index (χ0) is 14.0. The van der Waals surface area contributed by atoms with E-state index in [9.17, 15) is 8.42 Å². The molecule has 6 heteroatoms. The Hall–Kier alpha value is -0.780. The minimum atomic E-state index is -3.71. The first-order valence-corrected chi connectivity index (χ1v) is 7.64. The van der Waals surface area contributed by atoms with Gasteiger partial charge in [-0.05, 0) is 32.4 Å². The van der Waals surface area contributed by atoms with Crippen LogP contribution in [-0.2, 0) is 10.0 Å². The van der Waals surface area contributed by atoms with Crippen LogP contribution in [0.1, 0.15) is 33.6 Å². The van der Waals surface area contributed by atoms with Gasteiger partial charge < -0.3 is 5.73 Å². The molecule has 0 atom stereocenters. The summed E-state index contributed by atoms with van der Waals surface area (Å²) in [6, 6.07) is 4.65. The zero-order valence-corrected chi connectivity index (χ0v) is 12.4. The van der Waals surface area contributed by atoms with E-state index in [2.05, 4.69) is 4.72 Å². The maximum atomic E-state index is 12.3. The topological polar surface area (TPSA) is 72.2 Å². The molecule has 3 N–H and O–H groups in total. The van der Waals surface area contributed by atoms with Crippen LogP contribution in [0.4, 0.5) is 5.69 Å². The molecule has 0 aliphatic carbocycles. The molecule has 0 fully saturated rings. The van der Waals surface area contributed by atoms with Gasteiger partial charge in [0.05, 0.1) is 10.7 Å². The number of sulfonamides is 1. The van der Waals surface area contributed by atoms with Gasteiger partial charge in [-0.2, -0.15) is 0 Å². The quantitative estimate of drug-likeness (QED) is 0.819. The Morgan fingerprint density at radius 3 is 2.50 bits per heavy atom. The molecule has 4 nitrogen and oxygen atoms in total. The van der Waals surface area contributed by atoms with E-state index in [0.717, 1.165) is 12.8 Å². The minimum absolute atomic E-state index is 0.0455. The number of nitrogens with two attached hydrogens (primary N) is 1. The van der Waals surface area contributed by atoms with E-state index in [1.165, 1.54) is 12.1 Å². The third-order valence-electron chi connectivity index (χ3n) is 2.55. The van der Waals surface area contributed by atoms with Gasteiger partial charge >= 0.3 is 0 Å². The van der Waals surface area contributed by atoms with Crippen LogP contribution < -0.4 is 10.5 Å². The largest absolute Gasteiger partial charge is 0.398 e. The Morgan fingerprint density at radius 1 is 1.39 bits per heavy atom. The van der Waals surface area contributed by atoms with Crippen LogP contribution in [0.15, 0.2) is 23.1 Å². The van der Waals surface area contributed by atoms with Crippen molar-refractivity contribution in [1.82, 2.24) is 4.72 Å². The van der Waals surface area contributed by atoms with Gasteiger partial charge in [0, 0.05) is 5.54 Å². The van der Waals surface area contributed by atoms with Crippen LogP contribution in [0, 0.1) is 0 Å². The Kier molecular flexibility index (Phi) is 4.64. The SMILES string of the molecule is CCCC(C)(C)NS(=O)(=O)c1c(N)cccc1Cl. The monoisotopic (exact) mass is 290 g/mol. The number of hydrogen-bond acceptors (Lipinski definition) is 3. The summed E-state index contributed by atoms with van der Waals surface area (Å²) in [5.41, 5.74) is 5.32. The van der Waals surface area contributed by atoms with E-state index < -0.39 is 15.6 Å². The second kappa shape index (κ2) is 5.47. The van der Waals surface area contributed by atoms with E-state index >= 15 is 0 Å². The van der Waals surface area contributed by atoms with Gasteiger partial charge in [0.15, 0.2) is 0 Å². The molecule has 0 spiro atoms. The van der Waals surface area contributed by atoms with Crippen molar-refractivity contribution in [3.63, 3.8) is 0 Å². The fourth-order valence-electron chi connectivity index (χ4n) is 1.90. The molecule has 0 aromatic heterocycles. The third kappa shape index (κ3) is 3.60. The van der Waals surface area contributed by atoms with Crippen LogP contribution >= 0.6 is 11.6 Å². The summed E-state index contributed by atoms with van der Waals surface area (Å²) in [4.78, 5) is -0.0455. The van der Waals surface area contributed by atoms with E-state index in [4.69, 9.17) is 17.3 Å². The Bertz CT molecular complexity index is 507. The van der Waals surface area contributed by atoms with Gasteiger partial charge in [0.2, 0.25) is 10.0 Å². The van der Waals surface area contributed by atoms with Crippen molar-refractivity contribution < 1.29 is 8.42 Å². The van der Waals surface area contributed by atoms with Crippen molar-refractivity contribution in [2.75, 3.05) is 5.73 Å². The predicted molar refractivity (Wildman–Crippen MR) is 75.2 cm³/mol. The van der Waals surface area contributed by atoms with Gasteiger partial charge in [0.25, 0.3) is 0 Å². The Balaban J connectivity index is 3.15. The normalized spacial score (nSPS) is 12.7. The van der Waals surface area contributed by atoms with E-state index in [-0.39, 0.29) is 15.6 Å². The lowest BCUT2D eigenvalue weighted by Gasteiger charge is -2.26. The number of nitrogen functional groups attached to an aromatic ring is 1. The molecular formula is C12H19ClN2O2S. The average Bonchev–Trinajstić information content (AvgIpc) is 2.13. The van der Waals surface area contributed by atoms with Crippen molar-refractivity contribution in [2.45, 2.75) is 44.0 Å². The van der Waals surface area contributed by atoms with Crippen molar-refractivity contribution in [3.05, 3.63) is 23.2 Å². The minimum Gasteiger partial charge on any atom is -0.398 e. The molecular weight excluding hydrogens is 272 g/mol. The number of halogens is 1. The van der Waals surface area contributed by atoms with Crippen LogP contribution in [0.25, 0.3) is 0 Å². The van der Waals surface area contributed by atoms with Crippen LogP contribution in [0.5, 0.6) is 0 Å². The molecule has 0 heterocycles. The predicted octanol–water partition coefficient (Wildman–Crippen LogP) is 2.78. The highest BCUT2D eigenvalue weighted by Gasteiger charge is 2.28. The first-order valence-electron chi connectivity index (χ1n) is 5.77. The summed E-state index contributed by atoms with van der Waals surface area (Å²) >= 11 is 5.92. The van der Waals surface area contributed by atoms with Crippen LogP contribution in [0.2, 0.25) is 5.02 Å². The Labute approximate surface area is 114 Å². The van der Waals surface area contributed by atoms with Crippen molar-refractivity contribution in [1.29, 1.82) is 0 Å². The molecule has 1 aromatic carbocycles. The van der Waals surface area contributed by atoms with Crippen LogP contribution in [-0.4, -0.2) is 14.0 Å². The Morgan fingerprint density at radius 2 is 2.00 bits per heavy atom. The molecule has 102 valence electrons. The summed E-state index contributed by atoms with van der Waals surface area (Å²) in [5, 5.41) is 0.134. The average molecular weight is 291 g/mol. The highest BCUT2D eigenvalue weighted by molar-refractivity contribution is 7.89. The highest BCUT2D eigenvalue weighted by Crippen LogP contribution is 2.28. The van der Waals surface area contributed by atoms with Gasteiger partial charge in [-0.3, -0.25) is 0 Å². The summed E-state index contributed by atoms with van der Waals surface area (Å²) in [7, 11) is -3.71. The number of benzene rings is 1. The second-order valence-corrected chi connectivity index (χ2v) is 6.92. The lowest BCUT2D eigenvalue weighted by molar-refractivity contribution is 0.418. The fourth-order valence-corrected chi connectivity index (χ4v) is 4.02. The lowest BCUT2D eigenvalue weighted by Crippen LogP contribution is -2.43. The molecule has 0 unspecified atom stereocenters. The molecule has 0 saturated carbocycles. The summed E-state index contributed by atoms with van der Waals surface area (Å²) < 4.78 is 27.2. The fraction of sp³-hybridized carbons (Fsp3) is 0.500. The number of nitrogens with one attached hydrogen (secondary N) is 1. The van der Waals surface area contributed by atoms with E-state index in [1.807, 2.05) is 20.8 Å². The van der Waals surface area contributed by atoms with Gasteiger partial charge in [-0.1, -0.05) is 31.0 Å². The molecule has 0 bridgehead atoms. The van der Waals surface area contributed by atoms with Crippen molar-refractivity contribution in [3.8, 4) is 0 Å². The maximum Gasteiger partial charge on any atom is 0.244 e. The summed E-state index contributed by atoms with van der Waals surface area (Å²) in [6.07, 6.45) is 1.62. The smallest absolute Gasteiger partial charge is 0.244 e. The first kappa shape index (κ1) is 15.3. The molecule has 0 aliphatic rings. The molecule has 1 aromatic rings. The lowest BCUT2D eigenvalue weighted by atomic mass is 10.0. The van der Waals surface area contributed by atoms with Gasteiger partial charge in [0.1, 0.15) is 4.90 Å². The molecule has 0 saturated heterocycles. The molecule has 0 amide bonds. The summed E-state index contributed by atoms with van der Waals surface area (Å²) in [5.74, 6) is 0. The standard InChI is InChI=1S/C12H19ClN2O2S/c1-4-8-12(2,3)15-18(16,17)11-9(13)6-5-7-10(11)14/h5-7,15H,4,8,14H2,1-3H3. The second-order valence-electron chi connectivity index (χ2n) is 4.90. The number of hydrogen-bond donors (Lipinski definition) is 2. The maximum absolute atomic E-state index is 12.3. The van der Waals surface area contributed by atoms with Gasteiger partial charge in [-0.15, -0.1) is 0 Å². The molecule has 18 heavy (non-hydrogen) atoms. The molecule has 0 radical (unpaired) electrons. The van der Waals surface area contributed by atoms with Crippen molar-refractivity contribution in [2.24, 2.45) is 0 Å². The highest BCUT2D eigenvalue weighted by atomic mass is 35.5. The van der Waals surface area contributed by atoms with E-state index in [1.54, 1.807) is 6.07 Å². The molecule has 0 aliphatic heterocycles. The summed E-state index contributed by atoms with van der Waals surface area (Å²) in [6.45, 7) is 5.67. The molecule has 1 rings (SSSR count).